The molecule has 0 atom stereocenters. The zero-order valence-corrected chi connectivity index (χ0v) is 21.7. The Morgan fingerprint density at radius 1 is 1.11 bits per heavy atom. The fraction of sp³-hybridized carbons (Fsp3) is 0.241. The molecule has 3 aromatic heterocycles. The lowest BCUT2D eigenvalue weighted by molar-refractivity contribution is 0.319. The monoisotopic (exact) mass is 527 g/mol. The maximum Gasteiger partial charge on any atom is 0.211 e. The second-order valence-electron chi connectivity index (χ2n) is 9.93. The number of aromatic nitrogens is 3. The van der Waals surface area contributed by atoms with E-state index in [1.165, 1.54) is 18.4 Å². The van der Waals surface area contributed by atoms with Gasteiger partial charge in [0.15, 0.2) is 0 Å². The Labute approximate surface area is 220 Å². The molecule has 1 N–H and O–H groups in total. The molecular formula is C29H26FN5O2S. The van der Waals surface area contributed by atoms with Gasteiger partial charge < -0.3 is 9.55 Å². The predicted molar refractivity (Wildman–Crippen MR) is 146 cm³/mol. The minimum absolute atomic E-state index is 0.235. The van der Waals surface area contributed by atoms with Crippen molar-refractivity contribution in [1.29, 1.82) is 5.26 Å². The second kappa shape index (κ2) is 9.39. The maximum absolute atomic E-state index is 13.8. The van der Waals surface area contributed by atoms with Gasteiger partial charge in [0.05, 0.1) is 17.3 Å². The quantitative estimate of drug-likeness (QED) is 0.332. The van der Waals surface area contributed by atoms with E-state index in [1.54, 1.807) is 16.6 Å². The van der Waals surface area contributed by atoms with Crippen LogP contribution in [0.15, 0.2) is 67.0 Å². The van der Waals surface area contributed by atoms with E-state index < -0.39 is 10.0 Å². The molecule has 192 valence electrons. The summed E-state index contributed by atoms with van der Waals surface area (Å²) in [5, 5.41) is 11.6. The van der Waals surface area contributed by atoms with E-state index in [-0.39, 0.29) is 11.7 Å². The minimum Gasteiger partial charge on any atom is -0.343 e. The molecule has 0 saturated carbocycles. The number of nitrogens with one attached hydrogen (secondary N) is 1. The van der Waals surface area contributed by atoms with Gasteiger partial charge in [-0.2, -0.15) is 5.26 Å². The van der Waals surface area contributed by atoms with Crippen LogP contribution < -0.4 is 0 Å². The van der Waals surface area contributed by atoms with Crippen LogP contribution in [0.1, 0.15) is 35.6 Å². The summed E-state index contributed by atoms with van der Waals surface area (Å²) in [6.45, 7) is 1.48. The van der Waals surface area contributed by atoms with Gasteiger partial charge in [-0.3, -0.25) is 0 Å². The minimum atomic E-state index is -3.17. The molecule has 0 amide bonds. The number of fused-ring (bicyclic) bond motifs is 2. The van der Waals surface area contributed by atoms with E-state index >= 15 is 0 Å². The Bertz CT molecular complexity index is 1830. The molecule has 1 aliphatic heterocycles. The average molecular weight is 528 g/mol. The molecule has 9 heteroatoms. The van der Waals surface area contributed by atoms with Crippen molar-refractivity contribution in [3.8, 4) is 17.2 Å². The van der Waals surface area contributed by atoms with Gasteiger partial charge in [-0.05, 0) is 59.9 Å². The van der Waals surface area contributed by atoms with Crippen LogP contribution in [-0.4, -0.2) is 46.6 Å². The molecule has 1 aliphatic rings. The lowest BCUT2D eigenvalue weighted by atomic mass is 9.94. The van der Waals surface area contributed by atoms with E-state index in [0.29, 0.717) is 25.2 Å². The first-order valence-corrected chi connectivity index (χ1v) is 14.4. The molecule has 0 unspecified atom stereocenters. The van der Waals surface area contributed by atoms with Gasteiger partial charge >= 0.3 is 0 Å². The molecule has 7 nitrogen and oxygen atoms in total. The van der Waals surface area contributed by atoms with Crippen molar-refractivity contribution in [2.45, 2.75) is 25.3 Å². The smallest absolute Gasteiger partial charge is 0.211 e. The first-order valence-electron chi connectivity index (χ1n) is 12.5. The van der Waals surface area contributed by atoms with Crippen molar-refractivity contribution >= 4 is 32.0 Å². The van der Waals surface area contributed by atoms with Crippen molar-refractivity contribution in [2.24, 2.45) is 0 Å². The lowest BCUT2D eigenvalue weighted by Gasteiger charge is -2.29. The van der Waals surface area contributed by atoms with Crippen LogP contribution in [0.4, 0.5) is 4.39 Å². The zero-order chi connectivity index (χ0) is 26.4. The summed E-state index contributed by atoms with van der Waals surface area (Å²) in [4.78, 5) is 8.02. The van der Waals surface area contributed by atoms with Crippen LogP contribution in [0.5, 0.6) is 0 Å². The average Bonchev–Trinajstić information content (AvgIpc) is 3.49. The van der Waals surface area contributed by atoms with Crippen molar-refractivity contribution in [3.05, 3.63) is 89.6 Å². The number of piperidine rings is 1. The Morgan fingerprint density at radius 3 is 2.66 bits per heavy atom. The Kier molecular flexibility index (Phi) is 6.01. The molecular weight excluding hydrogens is 501 g/mol. The number of rotatable bonds is 5. The number of nitriles is 1. The standard InChI is InChI=1S/C29H26FN5O2S/c1-38(36,37)35-11-8-20(9-12-35)27-15-26-24(7-10-32-29(26)33-27)21-5-6-25-22(16-31)18-34(28(25)14-21)17-19-3-2-4-23(30)13-19/h2-7,10,13-15,18,20H,8-9,11-12,17H2,1H3,(H,32,33). The Hall–Kier alpha value is -4.00. The molecule has 4 heterocycles. The van der Waals surface area contributed by atoms with E-state index in [2.05, 4.69) is 28.2 Å². The fourth-order valence-electron chi connectivity index (χ4n) is 5.53. The molecule has 2 aromatic carbocycles. The molecule has 5 aromatic rings. The summed E-state index contributed by atoms with van der Waals surface area (Å²) >= 11 is 0. The topological polar surface area (TPSA) is 94.8 Å². The highest BCUT2D eigenvalue weighted by molar-refractivity contribution is 7.88. The van der Waals surface area contributed by atoms with Crippen molar-refractivity contribution in [2.75, 3.05) is 19.3 Å². The van der Waals surface area contributed by atoms with E-state index in [0.717, 1.165) is 57.2 Å². The molecule has 6 rings (SSSR count). The summed E-state index contributed by atoms with van der Waals surface area (Å²) in [7, 11) is -3.17. The van der Waals surface area contributed by atoms with Gasteiger partial charge in [0.2, 0.25) is 10.0 Å². The number of hydrogen-bond acceptors (Lipinski definition) is 4. The third kappa shape index (κ3) is 4.46. The molecule has 1 saturated heterocycles. The van der Waals surface area contributed by atoms with E-state index in [4.69, 9.17) is 0 Å². The molecule has 1 fully saturated rings. The highest BCUT2D eigenvalue weighted by atomic mass is 32.2. The predicted octanol–water partition coefficient (Wildman–Crippen LogP) is 5.38. The van der Waals surface area contributed by atoms with Gasteiger partial charge in [-0.15, -0.1) is 0 Å². The first-order chi connectivity index (χ1) is 18.3. The number of H-pyrrole nitrogens is 1. The highest BCUT2D eigenvalue weighted by Gasteiger charge is 2.27. The summed E-state index contributed by atoms with van der Waals surface area (Å²) in [6, 6.07) is 18.9. The Balaban J connectivity index is 1.37. The second-order valence-corrected chi connectivity index (χ2v) is 11.9. The summed E-state index contributed by atoms with van der Waals surface area (Å²) in [5.74, 6) is -0.0520. The van der Waals surface area contributed by atoms with Crippen LogP contribution in [0.2, 0.25) is 0 Å². The van der Waals surface area contributed by atoms with Gasteiger partial charge in [-0.1, -0.05) is 24.3 Å². The van der Waals surface area contributed by atoms with E-state index in [1.807, 2.05) is 35.0 Å². The number of halogens is 1. The van der Waals surface area contributed by atoms with E-state index in [9.17, 15) is 18.1 Å². The number of pyridine rings is 1. The van der Waals surface area contributed by atoms with Crippen LogP contribution in [0.3, 0.4) is 0 Å². The number of sulfonamides is 1. The van der Waals surface area contributed by atoms with Crippen molar-refractivity contribution in [3.63, 3.8) is 0 Å². The number of aromatic amines is 1. The van der Waals surface area contributed by atoms with Crippen LogP contribution in [-0.2, 0) is 16.6 Å². The third-order valence-corrected chi connectivity index (χ3v) is 8.77. The summed E-state index contributed by atoms with van der Waals surface area (Å²) < 4.78 is 41.1. The van der Waals surface area contributed by atoms with Gasteiger partial charge in [0, 0.05) is 54.4 Å². The van der Waals surface area contributed by atoms with Crippen molar-refractivity contribution < 1.29 is 12.8 Å². The number of nitrogens with zero attached hydrogens (tertiary/aromatic N) is 4. The van der Waals surface area contributed by atoms with Crippen molar-refractivity contribution in [1.82, 2.24) is 18.8 Å². The summed E-state index contributed by atoms with van der Waals surface area (Å²) in [5.41, 5.74) is 6.16. The first kappa shape index (κ1) is 24.3. The lowest BCUT2D eigenvalue weighted by Crippen LogP contribution is -2.37. The summed E-state index contributed by atoms with van der Waals surface area (Å²) in [6.07, 6.45) is 6.37. The van der Waals surface area contributed by atoms with Gasteiger partial charge in [-0.25, -0.2) is 22.1 Å². The maximum atomic E-state index is 13.8. The molecule has 38 heavy (non-hydrogen) atoms. The third-order valence-electron chi connectivity index (χ3n) is 7.47. The van der Waals surface area contributed by atoms with Crippen LogP contribution >= 0.6 is 0 Å². The Morgan fingerprint density at radius 2 is 1.92 bits per heavy atom. The largest absolute Gasteiger partial charge is 0.343 e. The molecule has 0 spiro atoms. The van der Waals surface area contributed by atoms with Crippen LogP contribution in [0.25, 0.3) is 33.1 Å². The number of benzene rings is 2. The SMILES string of the molecule is CS(=O)(=O)N1CCC(c2cc3c(-c4ccc5c(C#N)cn(Cc6cccc(F)c6)c5c4)ccnc3[nH]2)CC1. The van der Waals surface area contributed by atoms with Gasteiger partial charge in [0.1, 0.15) is 17.5 Å². The molecule has 0 bridgehead atoms. The van der Waals surface area contributed by atoms with Gasteiger partial charge in [0.25, 0.3) is 0 Å². The molecule has 0 aliphatic carbocycles. The number of hydrogen-bond donors (Lipinski definition) is 1. The normalized spacial score (nSPS) is 15.3. The fourth-order valence-corrected chi connectivity index (χ4v) is 6.40. The van der Waals surface area contributed by atoms with Crippen LogP contribution in [0, 0.1) is 17.1 Å². The zero-order valence-electron chi connectivity index (χ0n) is 20.9. The highest BCUT2D eigenvalue weighted by Crippen LogP contribution is 2.35. The molecule has 0 radical (unpaired) electrons.